The Morgan fingerprint density at radius 3 is 2.76 bits per heavy atom. The van der Waals surface area contributed by atoms with Crippen LogP contribution < -0.4 is 5.43 Å². The highest BCUT2D eigenvalue weighted by atomic mass is 16.5. The molecule has 0 heterocycles. The van der Waals surface area contributed by atoms with Gasteiger partial charge >= 0.3 is 5.97 Å². The minimum Gasteiger partial charge on any atom is -0.462 e. The normalized spacial score (nSPS) is 10.5. The summed E-state index contributed by atoms with van der Waals surface area (Å²) in [6, 6.07) is 7.43. The summed E-state index contributed by atoms with van der Waals surface area (Å²) in [5.41, 5.74) is 4.53. The number of anilines is 1. The highest BCUT2D eigenvalue weighted by Crippen LogP contribution is 2.09. The molecule has 0 unspecified atom stereocenters. The number of hydrazone groups is 1. The smallest absolute Gasteiger partial charge is 0.351 e. The van der Waals surface area contributed by atoms with Crippen LogP contribution in [0.1, 0.15) is 12.5 Å². The SMILES string of the molecule is CCOC(=O)C=NNc1ccc(CCO)cc1. The van der Waals surface area contributed by atoms with E-state index in [9.17, 15) is 4.79 Å². The van der Waals surface area contributed by atoms with Gasteiger partial charge in [0.05, 0.1) is 12.3 Å². The number of hydrogen-bond acceptors (Lipinski definition) is 5. The van der Waals surface area contributed by atoms with E-state index in [1.807, 2.05) is 24.3 Å². The second-order valence-corrected chi connectivity index (χ2v) is 3.29. The van der Waals surface area contributed by atoms with Crippen LogP contribution in [0, 0.1) is 0 Å². The van der Waals surface area contributed by atoms with Gasteiger partial charge in [-0.1, -0.05) is 12.1 Å². The molecule has 0 radical (unpaired) electrons. The number of nitrogens with one attached hydrogen (secondary N) is 1. The fraction of sp³-hybridized carbons (Fsp3) is 0.333. The monoisotopic (exact) mass is 236 g/mol. The first-order valence-electron chi connectivity index (χ1n) is 5.42. The predicted molar refractivity (Wildman–Crippen MR) is 66.0 cm³/mol. The molecule has 17 heavy (non-hydrogen) atoms. The van der Waals surface area contributed by atoms with Gasteiger partial charge in [0, 0.05) is 6.61 Å². The van der Waals surface area contributed by atoms with Gasteiger partial charge in [0.2, 0.25) is 0 Å². The number of esters is 1. The first-order chi connectivity index (χ1) is 8.26. The van der Waals surface area contributed by atoms with Gasteiger partial charge in [-0.15, -0.1) is 0 Å². The molecule has 5 heteroatoms. The zero-order valence-electron chi connectivity index (χ0n) is 9.72. The van der Waals surface area contributed by atoms with Crippen molar-refractivity contribution in [3.05, 3.63) is 29.8 Å². The van der Waals surface area contributed by atoms with Crippen molar-refractivity contribution < 1.29 is 14.6 Å². The summed E-state index contributed by atoms with van der Waals surface area (Å²) in [6.07, 6.45) is 1.72. The van der Waals surface area contributed by atoms with Crippen molar-refractivity contribution in [3.63, 3.8) is 0 Å². The number of nitrogens with zero attached hydrogens (tertiary/aromatic N) is 1. The molecule has 0 aliphatic carbocycles. The Hall–Kier alpha value is -1.88. The molecule has 0 aliphatic heterocycles. The first-order valence-corrected chi connectivity index (χ1v) is 5.42. The third-order valence-electron chi connectivity index (χ3n) is 2.00. The van der Waals surface area contributed by atoms with E-state index in [4.69, 9.17) is 5.11 Å². The Bertz CT molecular complexity index is 374. The maximum absolute atomic E-state index is 10.9. The Kier molecular flexibility index (Phi) is 5.74. The molecule has 0 bridgehead atoms. The van der Waals surface area contributed by atoms with Crippen LogP contribution in [0.25, 0.3) is 0 Å². The number of ether oxygens (including phenoxy) is 1. The van der Waals surface area contributed by atoms with E-state index < -0.39 is 5.97 Å². The van der Waals surface area contributed by atoms with Gasteiger partial charge in [0.1, 0.15) is 6.21 Å². The average molecular weight is 236 g/mol. The summed E-state index contributed by atoms with van der Waals surface area (Å²) in [7, 11) is 0. The van der Waals surface area contributed by atoms with Crippen LogP contribution >= 0.6 is 0 Å². The van der Waals surface area contributed by atoms with Crippen LogP contribution in [0.4, 0.5) is 5.69 Å². The van der Waals surface area contributed by atoms with Crippen molar-refractivity contribution in [1.82, 2.24) is 0 Å². The molecular weight excluding hydrogens is 220 g/mol. The van der Waals surface area contributed by atoms with E-state index in [1.165, 1.54) is 0 Å². The molecule has 0 atom stereocenters. The second kappa shape index (κ2) is 7.40. The molecule has 1 rings (SSSR count). The van der Waals surface area contributed by atoms with E-state index in [0.29, 0.717) is 13.0 Å². The van der Waals surface area contributed by atoms with Gasteiger partial charge in [-0.25, -0.2) is 4.79 Å². The predicted octanol–water partition coefficient (Wildman–Crippen LogP) is 1.18. The second-order valence-electron chi connectivity index (χ2n) is 3.29. The van der Waals surface area contributed by atoms with Gasteiger partial charge < -0.3 is 9.84 Å². The zero-order valence-corrected chi connectivity index (χ0v) is 9.72. The van der Waals surface area contributed by atoms with E-state index in [2.05, 4.69) is 15.3 Å². The van der Waals surface area contributed by atoms with Crippen LogP contribution in [0.3, 0.4) is 0 Å². The summed E-state index contributed by atoms with van der Waals surface area (Å²) in [4.78, 5) is 10.9. The number of rotatable bonds is 6. The summed E-state index contributed by atoms with van der Waals surface area (Å²) in [6.45, 7) is 2.20. The molecule has 0 saturated carbocycles. The van der Waals surface area contributed by atoms with Crippen LogP contribution in [0.15, 0.2) is 29.4 Å². The van der Waals surface area contributed by atoms with Gasteiger partial charge in [-0.05, 0) is 31.0 Å². The van der Waals surface area contributed by atoms with Gasteiger partial charge in [-0.3, -0.25) is 5.43 Å². The minimum absolute atomic E-state index is 0.133. The lowest BCUT2D eigenvalue weighted by molar-refractivity contribution is -0.134. The van der Waals surface area contributed by atoms with Crippen molar-refractivity contribution in [1.29, 1.82) is 0 Å². The standard InChI is InChI=1S/C12H16N2O3/c1-2-17-12(16)9-13-14-11-5-3-10(4-6-11)7-8-15/h3-6,9,14-15H,2,7-8H2,1H3. The molecule has 0 aromatic heterocycles. The number of carbonyl (C=O) groups excluding carboxylic acids is 1. The van der Waals surface area contributed by atoms with Crippen LogP contribution in [-0.4, -0.2) is 30.5 Å². The molecular formula is C12H16N2O3. The molecule has 92 valence electrons. The highest BCUT2D eigenvalue weighted by Gasteiger charge is 1.95. The van der Waals surface area contributed by atoms with Crippen molar-refractivity contribution in [2.45, 2.75) is 13.3 Å². The van der Waals surface area contributed by atoms with Crippen LogP contribution in [-0.2, 0) is 16.0 Å². The van der Waals surface area contributed by atoms with Crippen molar-refractivity contribution >= 4 is 17.9 Å². The van der Waals surface area contributed by atoms with Gasteiger partial charge in [0.15, 0.2) is 0 Å². The fourth-order valence-corrected chi connectivity index (χ4v) is 1.21. The Morgan fingerprint density at radius 1 is 1.47 bits per heavy atom. The lowest BCUT2D eigenvalue weighted by Gasteiger charge is -2.02. The van der Waals surface area contributed by atoms with E-state index in [-0.39, 0.29) is 6.61 Å². The van der Waals surface area contributed by atoms with E-state index >= 15 is 0 Å². The Balaban J connectivity index is 2.44. The van der Waals surface area contributed by atoms with E-state index in [0.717, 1.165) is 17.5 Å². The van der Waals surface area contributed by atoms with Gasteiger partial charge in [0.25, 0.3) is 0 Å². The quantitative estimate of drug-likeness (QED) is 0.442. The number of benzene rings is 1. The van der Waals surface area contributed by atoms with Gasteiger partial charge in [-0.2, -0.15) is 5.10 Å². The molecule has 0 fully saturated rings. The summed E-state index contributed by atoms with van der Waals surface area (Å²) >= 11 is 0. The molecule has 5 nitrogen and oxygen atoms in total. The highest BCUT2D eigenvalue weighted by molar-refractivity contribution is 6.23. The molecule has 0 spiro atoms. The van der Waals surface area contributed by atoms with E-state index in [1.54, 1.807) is 6.92 Å². The van der Waals surface area contributed by atoms with Crippen molar-refractivity contribution in [2.75, 3.05) is 18.6 Å². The lowest BCUT2D eigenvalue weighted by Crippen LogP contribution is -2.06. The summed E-state index contributed by atoms with van der Waals surface area (Å²) in [5.74, 6) is -0.475. The number of aliphatic hydroxyl groups excluding tert-OH is 1. The minimum atomic E-state index is -0.475. The Labute approximate surface area is 100 Å². The number of aliphatic hydroxyl groups is 1. The molecule has 0 aliphatic rings. The topological polar surface area (TPSA) is 70.9 Å². The van der Waals surface area contributed by atoms with Crippen LogP contribution in [0.2, 0.25) is 0 Å². The maximum atomic E-state index is 10.9. The maximum Gasteiger partial charge on any atom is 0.351 e. The molecule has 0 saturated heterocycles. The van der Waals surface area contributed by atoms with Crippen molar-refractivity contribution in [2.24, 2.45) is 5.10 Å². The molecule has 1 aromatic carbocycles. The first kappa shape index (κ1) is 13.2. The molecule has 2 N–H and O–H groups in total. The zero-order chi connectivity index (χ0) is 12.5. The summed E-state index contributed by atoms with van der Waals surface area (Å²) < 4.78 is 4.67. The lowest BCUT2D eigenvalue weighted by atomic mass is 10.1. The largest absolute Gasteiger partial charge is 0.462 e. The van der Waals surface area contributed by atoms with Crippen molar-refractivity contribution in [3.8, 4) is 0 Å². The third-order valence-corrected chi connectivity index (χ3v) is 2.00. The molecule has 0 amide bonds. The van der Waals surface area contributed by atoms with Crippen LogP contribution in [0.5, 0.6) is 0 Å². The fourth-order valence-electron chi connectivity index (χ4n) is 1.21. The number of hydrogen-bond donors (Lipinski definition) is 2. The Morgan fingerprint density at radius 2 is 2.18 bits per heavy atom. The summed E-state index contributed by atoms with van der Waals surface area (Å²) in [5, 5.41) is 12.5. The third kappa shape index (κ3) is 5.12. The molecule has 1 aromatic rings. The average Bonchev–Trinajstić information content (AvgIpc) is 2.32. The number of carbonyl (C=O) groups is 1.